The minimum Gasteiger partial charge on any atom is -0.506 e. The van der Waals surface area contributed by atoms with Crippen LogP contribution in [-0.2, 0) is 24.4 Å². The summed E-state index contributed by atoms with van der Waals surface area (Å²) < 4.78 is 4.72. The number of carbonyl (C=O) groups is 3. The van der Waals surface area contributed by atoms with Gasteiger partial charge in [-0.25, -0.2) is 4.79 Å². The van der Waals surface area contributed by atoms with Gasteiger partial charge in [0.15, 0.2) is 5.75 Å². The van der Waals surface area contributed by atoms with Gasteiger partial charge in [0.25, 0.3) is 11.8 Å². The fourth-order valence-electron chi connectivity index (χ4n) is 5.77. The number of aryl methyl sites for hydroxylation is 2. The SMILES string of the molecule is COC(=O)c1c(CNC(=O)c2ccc(-c3ccc(C#N)cc3)cc2)cnc(C)c1O.Cc1ncc(CNC(=O)c2ccc(-c3ccc(C#N)cc3)cc2)c(CO)c1O. The van der Waals surface area contributed by atoms with Gasteiger partial charge in [0.1, 0.15) is 11.3 Å². The average molecular weight is 775 g/mol. The van der Waals surface area contributed by atoms with Crippen LogP contribution in [0.2, 0.25) is 0 Å². The highest BCUT2D eigenvalue weighted by Crippen LogP contribution is 2.26. The van der Waals surface area contributed by atoms with Gasteiger partial charge >= 0.3 is 5.97 Å². The van der Waals surface area contributed by atoms with E-state index in [9.17, 15) is 29.7 Å². The molecule has 0 atom stereocenters. The number of carbonyl (C=O) groups excluding carboxylic acids is 3. The predicted octanol–water partition coefficient (Wildman–Crippen LogP) is 6.41. The van der Waals surface area contributed by atoms with Crippen molar-refractivity contribution in [1.29, 1.82) is 10.5 Å². The standard InChI is InChI=1S/C23H19N3O4.C22H19N3O3/c1-14-21(27)20(23(29)30-2)19(12-25-14)13-26-22(28)18-9-7-17(8-10-18)16-5-3-15(11-24)4-6-16;1-14-21(27)20(13-26)19(11-24-14)12-25-22(28)18-8-6-17(7-9-18)16-4-2-15(10-23)3-5-16/h3-10,12,27H,13H2,1-2H3,(H,26,28);2-9,11,26-27H,12-13H2,1H3,(H,25,28). The van der Waals surface area contributed by atoms with Gasteiger partial charge in [0, 0.05) is 47.7 Å². The number of aliphatic hydroxyl groups is 1. The Morgan fingerprint density at radius 3 is 1.40 bits per heavy atom. The number of pyridine rings is 2. The van der Waals surface area contributed by atoms with E-state index in [1.807, 2.05) is 48.5 Å². The van der Waals surface area contributed by atoms with Crippen molar-refractivity contribution in [2.24, 2.45) is 0 Å². The lowest BCUT2D eigenvalue weighted by Gasteiger charge is -2.12. The average Bonchev–Trinajstić information content (AvgIpc) is 3.27. The summed E-state index contributed by atoms with van der Waals surface area (Å²) >= 11 is 0. The highest BCUT2D eigenvalue weighted by Gasteiger charge is 2.20. The molecule has 6 rings (SSSR count). The maximum Gasteiger partial charge on any atom is 0.342 e. The van der Waals surface area contributed by atoms with Crippen molar-refractivity contribution < 1.29 is 34.4 Å². The number of rotatable bonds is 10. The normalized spacial score (nSPS) is 10.2. The third-order valence-electron chi connectivity index (χ3n) is 9.16. The minimum absolute atomic E-state index is 0.00147. The Labute approximate surface area is 334 Å². The number of hydrogen-bond donors (Lipinski definition) is 5. The molecular weight excluding hydrogens is 737 g/mol. The summed E-state index contributed by atoms with van der Waals surface area (Å²) in [7, 11) is 1.22. The van der Waals surface area contributed by atoms with Gasteiger partial charge < -0.3 is 30.7 Å². The van der Waals surface area contributed by atoms with Crippen LogP contribution in [0.5, 0.6) is 11.5 Å². The number of aliphatic hydroxyl groups excluding tert-OH is 1. The molecule has 0 unspecified atom stereocenters. The second-order valence-corrected chi connectivity index (χ2v) is 12.8. The van der Waals surface area contributed by atoms with E-state index in [0.29, 0.717) is 50.3 Å². The lowest BCUT2D eigenvalue weighted by Crippen LogP contribution is -2.24. The molecule has 0 aliphatic heterocycles. The molecule has 0 spiro atoms. The van der Waals surface area contributed by atoms with E-state index in [1.165, 1.54) is 19.5 Å². The van der Waals surface area contributed by atoms with Crippen molar-refractivity contribution in [3.8, 4) is 45.9 Å². The molecule has 2 amide bonds. The van der Waals surface area contributed by atoms with E-state index in [1.54, 1.807) is 62.4 Å². The van der Waals surface area contributed by atoms with Crippen LogP contribution >= 0.6 is 0 Å². The van der Waals surface area contributed by atoms with Gasteiger partial charge in [-0.05, 0) is 90.2 Å². The number of methoxy groups -OCH3 is 1. The van der Waals surface area contributed by atoms with Crippen LogP contribution in [0.25, 0.3) is 22.3 Å². The molecule has 58 heavy (non-hydrogen) atoms. The number of nitrogens with zero attached hydrogens (tertiary/aromatic N) is 4. The number of benzene rings is 4. The quantitative estimate of drug-likeness (QED) is 0.0958. The van der Waals surface area contributed by atoms with Crippen molar-refractivity contribution in [2.45, 2.75) is 33.5 Å². The Morgan fingerprint density at radius 2 is 1.00 bits per heavy atom. The summed E-state index contributed by atoms with van der Waals surface area (Å²) in [6, 6.07) is 32.7. The third kappa shape index (κ3) is 9.86. The van der Waals surface area contributed by atoms with Crippen molar-refractivity contribution in [3.05, 3.63) is 165 Å². The zero-order chi connectivity index (χ0) is 41.8. The summed E-state index contributed by atoms with van der Waals surface area (Å²) in [4.78, 5) is 45.0. The molecule has 0 aliphatic carbocycles. The Kier molecular flexibility index (Phi) is 13.6. The van der Waals surface area contributed by atoms with Crippen molar-refractivity contribution in [1.82, 2.24) is 20.6 Å². The lowest BCUT2D eigenvalue weighted by atomic mass is 10.0. The van der Waals surface area contributed by atoms with Crippen LogP contribution in [0, 0.1) is 36.5 Å². The van der Waals surface area contributed by atoms with Gasteiger partial charge in [-0.2, -0.15) is 10.5 Å². The molecule has 0 saturated carbocycles. The number of hydrogen-bond acceptors (Lipinski definition) is 11. The number of amides is 2. The molecule has 290 valence electrons. The molecule has 13 nitrogen and oxygen atoms in total. The van der Waals surface area contributed by atoms with Gasteiger partial charge in [-0.1, -0.05) is 48.5 Å². The summed E-state index contributed by atoms with van der Waals surface area (Å²) in [5.41, 5.74) is 7.85. The molecule has 0 fully saturated rings. The maximum absolute atomic E-state index is 12.5. The van der Waals surface area contributed by atoms with E-state index in [2.05, 4.69) is 32.7 Å². The van der Waals surface area contributed by atoms with Crippen LogP contribution < -0.4 is 10.6 Å². The molecule has 4 aromatic carbocycles. The fraction of sp³-hybridized carbons (Fsp3) is 0.133. The van der Waals surface area contributed by atoms with Gasteiger partial charge in [-0.15, -0.1) is 0 Å². The molecule has 6 aromatic rings. The zero-order valence-electron chi connectivity index (χ0n) is 31.8. The molecule has 2 heterocycles. The fourth-order valence-corrected chi connectivity index (χ4v) is 5.77. The summed E-state index contributed by atoms with van der Waals surface area (Å²) in [6.45, 7) is 3.03. The Balaban J connectivity index is 0.000000221. The van der Waals surface area contributed by atoms with E-state index >= 15 is 0 Å². The summed E-state index contributed by atoms with van der Waals surface area (Å²) in [5, 5.41) is 52.8. The Morgan fingerprint density at radius 1 is 0.621 bits per heavy atom. The highest BCUT2D eigenvalue weighted by molar-refractivity contribution is 5.96. The predicted molar refractivity (Wildman–Crippen MR) is 214 cm³/mol. The molecule has 2 aromatic heterocycles. The monoisotopic (exact) mass is 774 g/mol. The lowest BCUT2D eigenvalue weighted by molar-refractivity contribution is 0.0594. The van der Waals surface area contributed by atoms with Crippen molar-refractivity contribution in [3.63, 3.8) is 0 Å². The molecule has 0 aliphatic rings. The van der Waals surface area contributed by atoms with Crippen LogP contribution in [0.3, 0.4) is 0 Å². The molecule has 13 heteroatoms. The topological polar surface area (TPSA) is 219 Å². The van der Waals surface area contributed by atoms with Gasteiger partial charge in [0.05, 0.1) is 48.4 Å². The first-order chi connectivity index (χ1) is 28.0. The first-order valence-corrected chi connectivity index (χ1v) is 17.8. The van der Waals surface area contributed by atoms with Crippen molar-refractivity contribution >= 4 is 17.8 Å². The van der Waals surface area contributed by atoms with Gasteiger partial charge in [0.2, 0.25) is 0 Å². The Hall–Kier alpha value is -7.87. The highest BCUT2D eigenvalue weighted by atomic mass is 16.5. The number of aromatic hydroxyl groups is 2. The van der Waals surface area contributed by atoms with Crippen LogP contribution in [0.4, 0.5) is 0 Å². The zero-order valence-corrected chi connectivity index (χ0v) is 31.8. The van der Waals surface area contributed by atoms with Gasteiger partial charge in [-0.3, -0.25) is 19.6 Å². The first-order valence-electron chi connectivity index (χ1n) is 17.8. The number of aromatic nitrogens is 2. The second kappa shape index (κ2) is 19.1. The number of ether oxygens (including phenoxy) is 1. The largest absolute Gasteiger partial charge is 0.506 e. The molecule has 0 bridgehead atoms. The second-order valence-electron chi connectivity index (χ2n) is 12.8. The minimum atomic E-state index is -0.700. The van der Waals surface area contributed by atoms with E-state index < -0.39 is 5.97 Å². The van der Waals surface area contributed by atoms with E-state index in [4.69, 9.17) is 15.3 Å². The molecule has 0 radical (unpaired) electrons. The van der Waals surface area contributed by atoms with E-state index in [-0.39, 0.29) is 48.6 Å². The summed E-state index contributed by atoms with van der Waals surface area (Å²) in [5.74, 6) is -1.62. The number of nitrogens with one attached hydrogen (secondary N) is 2. The van der Waals surface area contributed by atoms with Crippen LogP contribution in [-0.4, -0.2) is 50.2 Å². The van der Waals surface area contributed by atoms with Crippen LogP contribution in [0.1, 0.15) is 70.3 Å². The smallest absolute Gasteiger partial charge is 0.342 e. The van der Waals surface area contributed by atoms with Crippen molar-refractivity contribution in [2.75, 3.05) is 7.11 Å². The molecular formula is C45H38N6O7. The summed E-state index contributed by atoms with van der Waals surface area (Å²) in [6.07, 6.45) is 2.96. The van der Waals surface area contributed by atoms with E-state index in [0.717, 1.165) is 22.3 Å². The first kappa shape index (κ1) is 41.3. The number of esters is 1. The van der Waals surface area contributed by atoms with Crippen LogP contribution in [0.15, 0.2) is 109 Å². The third-order valence-corrected chi connectivity index (χ3v) is 9.16. The molecule has 5 N–H and O–H groups in total. The molecule has 0 saturated heterocycles. The maximum atomic E-state index is 12.5. The Bertz CT molecular complexity index is 2520. The number of nitriles is 2.